The summed E-state index contributed by atoms with van der Waals surface area (Å²) in [7, 11) is 0. The Morgan fingerprint density at radius 2 is 1.54 bits per heavy atom. The van der Waals surface area contributed by atoms with Crippen molar-refractivity contribution in [3.8, 4) is 5.75 Å². The van der Waals surface area contributed by atoms with Gasteiger partial charge < -0.3 is 15.0 Å². The number of aromatic amines is 1. The first-order valence-electron chi connectivity index (χ1n) is 10.0. The van der Waals surface area contributed by atoms with Crippen LogP contribution in [0.15, 0.2) is 54.9 Å². The van der Waals surface area contributed by atoms with Crippen LogP contribution in [-0.2, 0) is 12.4 Å². The van der Waals surface area contributed by atoms with Crippen LogP contribution in [0.25, 0.3) is 11.2 Å². The zero-order chi connectivity index (χ0) is 25.1. The fourth-order valence-corrected chi connectivity index (χ4v) is 3.01. The maximum Gasteiger partial charge on any atom is 0.416 e. The molecule has 8 nitrogen and oxygen atoms in total. The van der Waals surface area contributed by atoms with Gasteiger partial charge in [-0.3, -0.25) is 10.9 Å². The molecule has 14 heteroatoms. The quantitative estimate of drug-likeness (QED) is 0.149. The highest BCUT2D eigenvalue weighted by Gasteiger charge is 2.37. The van der Waals surface area contributed by atoms with Gasteiger partial charge in [-0.2, -0.15) is 36.3 Å². The Balaban J connectivity index is 1.50. The lowest BCUT2D eigenvalue weighted by Gasteiger charge is -2.16. The summed E-state index contributed by atoms with van der Waals surface area (Å²) in [5.74, 6) is 0.833. The molecule has 2 aromatic heterocycles. The van der Waals surface area contributed by atoms with Crippen LogP contribution in [0, 0.1) is 0 Å². The Labute approximate surface area is 193 Å². The standard InChI is InChI=1S/C21H17F6N7O/c22-20(23,24)12-8-13(21(25,26)27)10-14(9-12)33-34-18-16-17(30-11-29-16)31-19(32-18)28-6-7-35-15-4-2-1-3-5-15/h1-5,8-11,33H,6-7H2,(H3,28,29,30,31,32,34). The van der Waals surface area contributed by atoms with E-state index in [1.165, 1.54) is 6.33 Å². The van der Waals surface area contributed by atoms with Crippen molar-refractivity contribution in [1.29, 1.82) is 0 Å². The van der Waals surface area contributed by atoms with Gasteiger partial charge in [-0.05, 0) is 30.3 Å². The number of fused-ring (bicyclic) bond motifs is 1. The molecule has 0 saturated carbocycles. The predicted octanol–water partition coefficient (Wildman–Crippen LogP) is 5.32. The smallest absolute Gasteiger partial charge is 0.416 e. The van der Waals surface area contributed by atoms with Crippen molar-refractivity contribution >= 4 is 28.6 Å². The number of hydrogen-bond donors (Lipinski definition) is 4. The normalized spacial score (nSPS) is 11.9. The molecule has 4 aromatic rings. The molecule has 0 spiro atoms. The number of rotatable bonds is 8. The van der Waals surface area contributed by atoms with Crippen LogP contribution in [0.2, 0.25) is 0 Å². The van der Waals surface area contributed by atoms with Gasteiger partial charge in [-0.1, -0.05) is 18.2 Å². The Morgan fingerprint density at radius 1 is 0.857 bits per heavy atom. The number of nitrogens with zero attached hydrogens (tertiary/aromatic N) is 3. The van der Waals surface area contributed by atoms with E-state index in [1.807, 2.05) is 18.2 Å². The van der Waals surface area contributed by atoms with Crippen LogP contribution in [0.5, 0.6) is 5.75 Å². The van der Waals surface area contributed by atoms with Gasteiger partial charge in [-0.15, -0.1) is 0 Å². The molecule has 2 heterocycles. The first kappa shape index (κ1) is 23.9. The second-order valence-corrected chi connectivity index (χ2v) is 7.13. The fraction of sp³-hybridized carbons (Fsp3) is 0.190. The molecule has 0 aliphatic heterocycles. The van der Waals surface area contributed by atoms with Crippen LogP contribution < -0.4 is 20.9 Å². The summed E-state index contributed by atoms with van der Waals surface area (Å²) in [6.07, 6.45) is -8.62. The number of hydrazine groups is 1. The molecule has 0 unspecified atom stereocenters. The molecule has 0 bridgehead atoms. The highest BCUT2D eigenvalue weighted by atomic mass is 19.4. The van der Waals surface area contributed by atoms with Crippen LogP contribution in [-0.4, -0.2) is 33.1 Å². The topological polar surface area (TPSA) is 99.8 Å². The van der Waals surface area contributed by atoms with Crippen molar-refractivity contribution in [2.45, 2.75) is 12.4 Å². The van der Waals surface area contributed by atoms with Gasteiger partial charge in [-0.25, -0.2) is 4.98 Å². The molecule has 0 aliphatic rings. The van der Waals surface area contributed by atoms with Crippen molar-refractivity contribution in [3.63, 3.8) is 0 Å². The van der Waals surface area contributed by atoms with E-state index in [1.54, 1.807) is 12.1 Å². The number of hydrogen-bond acceptors (Lipinski definition) is 7. The van der Waals surface area contributed by atoms with Gasteiger partial charge in [0.05, 0.1) is 29.7 Å². The highest BCUT2D eigenvalue weighted by molar-refractivity contribution is 5.84. The number of alkyl halides is 6. The number of nitrogens with one attached hydrogen (secondary N) is 4. The summed E-state index contributed by atoms with van der Waals surface area (Å²) in [4.78, 5) is 15.2. The number of benzene rings is 2. The molecule has 184 valence electrons. The minimum Gasteiger partial charge on any atom is -0.492 e. The maximum absolute atomic E-state index is 13.1. The predicted molar refractivity (Wildman–Crippen MR) is 116 cm³/mol. The van der Waals surface area contributed by atoms with Crippen molar-refractivity contribution in [3.05, 3.63) is 66.0 Å². The van der Waals surface area contributed by atoms with Crippen molar-refractivity contribution < 1.29 is 31.1 Å². The van der Waals surface area contributed by atoms with Crippen LogP contribution in [0.4, 0.5) is 43.8 Å². The number of anilines is 3. The lowest BCUT2D eigenvalue weighted by molar-refractivity contribution is -0.143. The van der Waals surface area contributed by atoms with Gasteiger partial charge in [0.1, 0.15) is 17.9 Å². The largest absolute Gasteiger partial charge is 0.492 e. The molecule has 0 atom stereocenters. The minimum absolute atomic E-state index is 0.0442. The minimum atomic E-state index is -4.97. The average molecular weight is 497 g/mol. The first-order chi connectivity index (χ1) is 16.6. The number of halogens is 6. The van der Waals surface area contributed by atoms with Gasteiger partial charge in [0.25, 0.3) is 0 Å². The third-order valence-electron chi connectivity index (χ3n) is 4.60. The van der Waals surface area contributed by atoms with Crippen molar-refractivity contribution in [2.75, 3.05) is 29.3 Å². The van der Waals surface area contributed by atoms with E-state index in [0.717, 1.165) is 0 Å². The number of aromatic nitrogens is 4. The molecular formula is C21H17F6N7O. The summed E-state index contributed by atoms with van der Waals surface area (Å²) in [6.45, 7) is 0.581. The third-order valence-corrected chi connectivity index (χ3v) is 4.60. The first-order valence-corrected chi connectivity index (χ1v) is 10.0. The molecule has 0 aliphatic carbocycles. The van der Waals surface area contributed by atoms with Gasteiger partial charge in [0.2, 0.25) is 5.95 Å². The van der Waals surface area contributed by atoms with E-state index in [4.69, 9.17) is 4.74 Å². The van der Waals surface area contributed by atoms with E-state index in [2.05, 4.69) is 36.1 Å². The monoisotopic (exact) mass is 497 g/mol. The van der Waals surface area contributed by atoms with E-state index in [-0.39, 0.29) is 35.6 Å². The maximum atomic E-state index is 13.1. The van der Waals surface area contributed by atoms with Crippen LogP contribution in [0.1, 0.15) is 11.1 Å². The molecule has 35 heavy (non-hydrogen) atoms. The van der Waals surface area contributed by atoms with Crippen molar-refractivity contribution in [2.24, 2.45) is 0 Å². The SMILES string of the molecule is FC(F)(F)c1cc(NNc2nc(NCCOc3ccccc3)nc3nc[nH]c23)cc(C(F)(F)F)c1. The van der Waals surface area contributed by atoms with Crippen LogP contribution >= 0.6 is 0 Å². The lowest BCUT2D eigenvalue weighted by atomic mass is 10.1. The summed E-state index contributed by atoms with van der Waals surface area (Å²) in [6, 6.07) is 10.2. The molecule has 0 amide bonds. The zero-order valence-corrected chi connectivity index (χ0v) is 17.6. The van der Waals surface area contributed by atoms with E-state index < -0.39 is 29.2 Å². The number of H-pyrrole nitrogens is 1. The van der Waals surface area contributed by atoms with E-state index in [9.17, 15) is 26.3 Å². The van der Waals surface area contributed by atoms with E-state index >= 15 is 0 Å². The molecule has 4 N–H and O–H groups in total. The summed E-state index contributed by atoms with van der Waals surface area (Å²) in [5.41, 5.74) is 2.00. The molecule has 0 fully saturated rings. The number of para-hydroxylation sites is 1. The molecule has 0 saturated heterocycles. The molecular weight excluding hydrogens is 480 g/mol. The lowest BCUT2D eigenvalue weighted by Crippen LogP contribution is -2.17. The number of imidazole rings is 1. The summed E-state index contributed by atoms with van der Waals surface area (Å²) < 4.78 is 84.2. The second kappa shape index (κ2) is 9.56. The third kappa shape index (κ3) is 6.02. The Kier molecular flexibility index (Phi) is 6.53. The molecule has 2 aromatic carbocycles. The Bertz CT molecular complexity index is 1260. The van der Waals surface area contributed by atoms with Crippen LogP contribution in [0.3, 0.4) is 0 Å². The fourth-order valence-electron chi connectivity index (χ4n) is 3.01. The highest BCUT2D eigenvalue weighted by Crippen LogP contribution is 2.37. The zero-order valence-electron chi connectivity index (χ0n) is 17.6. The summed E-state index contributed by atoms with van der Waals surface area (Å²) >= 11 is 0. The Morgan fingerprint density at radius 3 is 2.20 bits per heavy atom. The average Bonchev–Trinajstić information content (AvgIpc) is 3.28. The number of ether oxygens (including phenoxy) is 1. The molecule has 4 rings (SSSR count). The van der Waals surface area contributed by atoms with Crippen molar-refractivity contribution in [1.82, 2.24) is 19.9 Å². The second-order valence-electron chi connectivity index (χ2n) is 7.13. The molecule has 0 radical (unpaired) electrons. The Hall–Kier alpha value is -4.23. The van der Waals surface area contributed by atoms with Gasteiger partial charge in [0.15, 0.2) is 11.5 Å². The summed E-state index contributed by atoms with van der Waals surface area (Å²) in [5, 5.41) is 2.93. The van der Waals surface area contributed by atoms with Gasteiger partial charge >= 0.3 is 12.4 Å². The van der Waals surface area contributed by atoms with E-state index in [0.29, 0.717) is 24.4 Å². The van der Waals surface area contributed by atoms with Gasteiger partial charge in [0, 0.05) is 0 Å².